The molecule has 0 aliphatic rings. The highest BCUT2D eigenvalue weighted by Gasteiger charge is 2.01. The molecule has 0 unspecified atom stereocenters. The largest absolute Gasteiger partial charge is 0.462 e. The molecule has 1 aromatic carbocycles. The van der Waals surface area contributed by atoms with E-state index in [1.807, 2.05) is 6.07 Å². The second kappa shape index (κ2) is 6.41. The van der Waals surface area contributed by atoms with E-state index in [0.717, 1.165) is 18.0 Å². The highest BCUT2D eigenvalue weighted by molar-refractivity contribution is 5.44. The second-order valence-electron chi connectivity index (χ2n) is 4.81. The number of anilines is 1. The lowest BCUT2D eigenvalue weighted by molar-refractivity contribution is 0.244. The van der Waals surface area contributed by atoms with Crippen molar-refractivity contribution in [2.24, 2.45) is 0 Å². The molecule has 0 aliphatic carbocycles. The third kappa shape index (κ3) is 4.12. The molecule has 2 rings (SSSR count). The molecule has 0 aliphatic heterocycles. The Morgan fingerprint density at radius 2 is 1.74 bits per heavy atom. The smallest absolute Gasteiger partial charge is 0.129 e. The summed E-state index contributed by atoms with van der Waals surface area (Å²) in [5.41, 5.74) is 2.35. The van der Waals surface area contributed by atoms with Crippen molar-refractivity contribution in [3.05, 3.63) is 53.5 Å². The van der Waals surface area contributed by atoms with E-state index in [0.29, 0.717) is 12.3 Å². The number of furan rings is 1. The summed E-state index contributed by atoms with van der Waals surface area (Å²) in [6.45, 7) is 1.50. The van der Waals surface area contributed by atoms with Crippen LogP contribution >= 0.6 is 0 Å². The van der Waals surface area contributed by atoms with E-state index in [4.69, 9.17) is 9.52 Å². The highest BCUT2D eigenvalue weighted by Crippen LogP contribution is 2.13. The van der Waals surface area contributed by atoms with E-state index in [1.54, 1.807) is 6.07 Å². The van der Waals surface area contributed by atoms with Crippen molar-refractivity contribution in [1.29, 1.82) is 0 Å². The van der Waals surface area contributed by atoms with Crippen LogP contribution in [0, 0.1) is 0 Å². The number of hydrogen-bond donors (Lipinski definition) is 2. The van der Waals surface area contributed by atoms with Crippen LogP contribution in [0.2, 0.25) is 0 Å². The molecule has 0 saturated carbocycles. The van der Waals surface area contributed by atoms with Gasteiger partial charge in [0.15, 0.2) is 0 Å². The van der Waals surface area contributed by atoms with Gasteiger partial charge >= 0.3 is 0 Å². The van der Waals surface area contributed by atoms with E-state index in [1.165, 1.54) is 5.56 Å². The summed E-state index contributed by atoms with van der Waals surface area (Å²) in [5, 5.41) is 12.2. The van der Waals surface area contributed by atoms with Gasteiger partial charge in [-0.3, -0.25) is 0 Å². The van der Waals surface area contributed by atoms with Gasteiger partial charge in [-0.05, 0) is 43.9 Å². The zero-order chi connectivity index (χ0) is 13.7. The molecule has 2 aromatic rings. The molecule has 102 valence electrons. The average Bonchev–Trinajstić information content (AvgIpc) is 2.85. The van der Waals surface area contributed by atoms with E-state index in [9.17, 15) is 0 Å². The van der Waals surface area contributed by atoms with Gasteiger partial charge in [-0.15, -0.1) is 0 Å². The molecule has 1 heterocycles. The SMILES string of the molecule is CN(C)Cc1ccc(NCc2ccc(CO)o2)cc1. The molecule has 0 radical (unpaired) electrons. The van der Waals surface area contributed by atoms with Gasteiger partial charge in [0.2, 0.25) is 0 Å². The fourth-order valence-electron chi connectivity index (χ4n) is 1.88. The minimum absolute atomic E-state index is 0.0563. The van der Waals surface area contributed by atoms with Gasteiger partial charge < -0.3 is 19.7 Å². The number of benzene rings is 1. The zero-order valence-corrected chi connectivity index (χ0v) is 11.4. The first kappa shape index (κ1) is 13.6. The van der Waals surface area contributed by atoms with Gasteiger partial charge in [-0.1, -0.05) is 12.1 Å². The topological polar surface area (TPSA) is 48.6 Å². The summed E-state index contributed by atoms with van der Waals surface area (Å²) in [6.07, 6.45) is 0. The maximum absolute atomic E-state index is 8.92. The number of aliphatic hydroxyl groups is 1. The molecule has 0 spiro atoms. The molecule has 0 saturated heterocycles. The van der Waals surface area contributed by atoms with Crippen LogP contribution in [0.15, 0.2) is 40.8 Å². The first-order valence-corrected chi connectivity index (χ1v) is 6.33. The monoisotopic (exact) mass is 260 g/mol. The Kier molecular flexibility index (Phi) is 4.60. The number of aliphatic hydroxyl groups excluding tert-OH is 1. The summed E-state index contributed by atoms with van der Waals surface area (Å²) in [6, 6.07) is 12.0. The van der Waals surface area contributed by atoms with Gasteiger partial charge in [0.05, 0.1) is 6.54 Å². The number of hydrogen-bond acceptors (Lipinski definition) is 4. The van der Waals surface area contributed by atoms with Gasteiger partial charge in [0.25, 0.3) is 0 Å². The molecule has 0 fully saturated rings. The maximum Gasteiger partial charge on any atom is 0.129 e. The number of rotatable bonds is 6. The van der Waals surface area contributed by atoms with Crippen molar-refractivity contribution in [3.8, 4) is 0 Å². The van der Waals surface area contributed by atoms with Crippen LogP contribution in [0.1, 0.15) is 17.1 Å². The quantitative estimate of drug-likeness (QED) is 0.837. The Balaban J connectivity index is 1.89. The van der Waals surface area contributed by atoms with E-state index >= 15 is 0 Å². The Labute approximate surface area is 113 Å². The van der Waals surface area contributed by atoms with Gasteiger partial charge in [-0.25, -0.2) is 0 Å². The van der Waals surface area contributed by atoms with Crippen LogP contribution in [0.3, 0.4) is 0 Å². The van der Waals surface area contributed by atoms with Crippen LogP contribution in [-0.2, 0) is 19.7 Å². The Bertz CT molecular complexity index is 503. The highest BCUT2D eigenvalue weighted by atomic mass is 16.4. The second-order valence-corrected chi connectivity index (χ2v) is 4.81. The van der Waals surface area contributed by atoms with Crippen LogP contribution < -0.4 is 5.32 Å². The fraction of sp³-hybridized carbons (Fsp3) is 0.333. The predicted octanol–water partition coefficient (Wildman–Crippen LogP) is 2.45. The third-order valence-electron chi connectivity index (χ3n) is 2.79. The summed E-state index contributed by atoms with van der Waals surface area (Å²) >= 11 is 0. The first-order chi connectivity index (χ1) is 9.17. The lowest BCUT2D eigenvalue weighted by atomic mass is 10.2. The van der Waals surface area contributed by atoms with Crippen LogP contribution in [0.25, 0.3) is 0 Å². The maximum atomic E-state index is 8.92. The summed E-state index contributed by atoms with van der Waals surface area (Å²) in [4.78, 5) is 2.14. The van der Waals surface area contributed by atoms with Crippen molar-refractivity contribution in [2.75, 3.05) is 19.4 Å². The minimum Gasteiger partial charge on any atom is -0.462 e. The lowest BCUT2D eigenvalue weighted by Gasteiger charge is -2.10. The Morgan fingerprint density at radius 3 is 2.32 bits per heavy atom. The normalized spacial score (nSPS) is 10.9. The van der Waals surface area contributed by atoms with E-state index in [-0.39, 0.29) is 6.61 Å². The first-order valence-electron chi connectivity index (χ1n) is 6.33. The molecule has 4 heteroatoms. The van der Waals surface area contributed by atoms with Crippen LogP contribution in [0.4, 0.5) is 5.69 Å². The van der Waals surface area contributed by atoms with E-state index in [2.05, 4.69) is 48.6 Å². The fourth-order valence-corrected chi connectivity index (χ4v) is 1.88. The minimum atomic E-state index is -0.0563. The zero-order valence-electron chi connectivity index (χ0n) is 11.4. The standard InChI is InChI=1S/C15H20N2O2/c1-17(2)10-12-3-5-13(6-4-12)16-9-14-7-8-15(11-18)19-14/h3-8,16,18H,9-11H2,1-2H3. The molecular formula is C15H20N2O2. The van der Waals surface area contributed by atoms with Crippen molar-refractivity contribution in [1.82, 2.24) is 4.90 Å². The molecule has 1 aromatic heterocycles. The van der Waals surface area contributed by atoms with Gasteiger partial charge in [-0.2, -0.15) is 0 Å². The molecule has 0 atom stereocenters. The van der Waals surface area contributed by atoms with Crippen molar-refractivity contribution in [2.45, 2.75) is 19.7 Å². The molecule has 0 bridgehead atoms. The van der Waals surface area contributed by atoms with Crippen LogP contribution in [0.5, 0.6) is 0 Å². The van der Waals surface area contributed by atoms with E-state index < -0.39 is 0 Å². The molecule has 0 amide bonds. The Morgan fingerprint density at radius 1 is 1.05 bits per heavy atom. The predicted molar refractivity (Wildman–Crippen MR) is 75.8 cm³/mol. The Hall–Kier alpha value is -1.78. The van der Waals surface area contributed by atoms with Crippen molar-refractivity contribution < 1.29 is 9.52 Å². The number of nitrogens with zero attached hydrogens (tertiary/aromatic N) is 1. The summed E-state index contributed by atoms with van der Waals surface area (Å²) < 4.78 is 5.41. The van der Waals surface area contributed by atoms with Crippen molar-refractivity contribution in [3.63, 3.8) is 0 Å². The molecule has 4 nitrogen and oxygen atoms in total. The molecular weight excluding hydrogens is 240 g/mol. The molecule has 2 N–H and O–H groups in total. The molecule has 19 heavy (non-hydrogen) atoms. The average molecular weight is 260 g/mol. The van der Waals surface area contributed by atoms with Gasteiger partial charge in [0.1, 0.15) is 18.1 Å². The summed E-state index contributed by atoms with van der Waals surface area (Å²) in [7, 11) is 4.11. The van der Waals surface area contributed by atoms with Crippen molar-refractivity contribution >= 4 is 5.69 Å². The van der Waals surface area contributed by atoms with Crippen LogP contribution in [-0.4, -0.2) is 24.1 Å². The third-order valence-corrected chi connectivity index (χ3v) is 2.79. The lowest BCUT2D eigenvalue weighted by Crippen LogP contribution is -2.10. The van der Waals surface area contributed by atoms with Gasteiger partial charge in [0, 0.05) is 12.2 Å². The summed E-state index contributed by atoms with van der Waals surface area (Å²) in [5.74, 6) is 1.42. The number of nitrogens with one attached hydrogen (secondary N) is 1.